The number of hydrogen-bond acceptors (Lipinski definition) is 5. The summed E-state index contributed by atoms with van der Waals surface area (Å²) in [6.07, 6.45) is -1.07. The van der Waals surface area contributed by atoms with Gasteiger partial charge in [0.25, 0.3) is 5.78 Å². The zero-order valence-electron chi connectivity index (χ0n) is 18.4. The molecule has 0 amide bonds. The molecule has 0 aliphatic heterocycles. The molecule has 7 heteroatoms. The molecule has 3 rings (SSSR count). The molecule has 0 aromatic heterocycles. The fourth-order valence-electron chi connectivity index (χ4n) is 2.51. The van der Waals surface area contributed by atoms with Crippen molar-refractivity contribution in [3.63, 3.8) is 0 Å². The van der Waals surface area contributed by atoms with E-state index in [0.29, 0.717) is 5.56 Å². The highest BCUT2D eigenvalue weighted by atomic mass is 16.4. The number of carbonyl (C=O) groups excluding carboxylic acids is 1. The van der Waals surface area contributed by atoms with Crippen molar-refractivity contribution in [3.05, 3.63) is 108 Å². The first-order valence-corrected chi connectivity index (χ1v) is 10.2. The zero-order chi connectivity index (χ0) is 24.8. The summed E-state index contributed by atoms with van der Waals surface area (Å²) in [5.74, 6) is -3.31. The number of aliphatic hydroxyl groups excluding tert-OH is 2. The lowest BCUT2D eigenvalue weighted by Crippen LogP contribution is -2.20. The van der Waals surface area contributed by atoms with E-state index in [9.17, 15) is 24.6 Å². The van der Waals surface area contributed by atoms with E-state index in [-0.39, 0.29) is 11.5 Å². The highest BCUT2D eigenvalue weighted by Crippen LogP contribution is 2.23. The fourth-order valence-corrected chi connectivity index (χ4v) is 2.51. The predicted octanol–water partition coefficient (Wildman–Crippen LogP) is 4.08. The number of carboxylic acids is 2. The van der Waals surface area contributed by atoms with E-state index in [1.54, 1.807) is 55.5 Å². The molecule has 0 fully saturated rings. The molecule has 0 bridgehead atoms. The number of aromatic carboxylic acids is 1. The van der Waals surface area contributed by atoms with Crippen molar-refractivity contribution in [2.24, 2.45) is 5.92 Å². The predicted molar refractivity (Wildman–Crippen MR) is 124 cm³/mol. The largest absolute Gasteiger partial charge is 0.478 e. The molecule has 3 atom stereocenters. The number of aliphatic hydroxyl groups is 2. The second-order valence-corrected chi connectivity index (χ2v) is 7.13. The van der Waals surface area contributed by atoms with Crippen LogP contribution >= 0.6 is 0 Å². The summed E-state index contributed by atoms with van der Waals surface area (Å²) in [7, 11) is 0. The van der Waals surface area contributed by atoms with E-state index in [2.05, 4.69) is 0 Å². The molecule has 33 heavy (non-hydrogen) atoms. The maximum absolute atomic E-state index is 10.7. The molecule has 3 aromatic carbocycles. The lowest BCUT2D eigenvalue weighted by molar-refractivity contribution is -0.131. The normalized spacial score (nSPS) is 12.5. The Labute approximate surface area is 192 Å². The smallest absolute Gasteiger partial charge is 0.377 e. The van der Waals surface area contributed by atoms with Crippen LogP contribution in [-0.4, -0.2) is 44.3 Å². The molecule has 0 spiro atoms. The van der Waals surface area contributed by atoms with Crippen molar-refractivity contribution < 1.29 is 34.8 Å². The number of carboxylic acid groups (broad SMARTS) is 2. The van der Waals surface area contributed by atoms with Crippen LogP contribution in [0.3, 0.4) is 0 Å². The minimum Gasteiger partial charge on any atom is -0.478 e. The molecule has 3 unspecified atom stereocenters. The van der Waals surface area contributed by atoms with Crippen LogP contribution in [0.1, 0.15) is 46.2 Å². The maximum atomic E-state index is 10.7. The molecule has 174 valence electrons. The lowest BCUT2D eigenvalue weighted by Gasteiger charge is -2.21. The van der Waals surface area contributed by atoms with Crippen LogP contribution in [0, 0.1) is 5.92 Å². The monoisotopic (exact) mass is 452 g/mol. The van der Waals surface area contributed by atoms with E-state index in [0.717, 1.165) is 5.56 Å². The van der Waals surface area contributed by atoms with Crippen LogP contribution in [0.2, 0.25) is 0 Å². The van der Waals surface area contributed by atoms with Crippen LogP contribution in [0.5, 0.6) is 0 Å². The maximum Gasteiger partial charge on any atom is 0.377 e. The summed E-state index contributed by atoms with van der Waals surface area (Å²) in [5, 5.41) is 35.8. The van der Waals surface area contributed by atoms with Gasteiger partial charge in [0, 0.05) is 11.5 Å². The van der Waals surface area contributed by atoms with Gasteiger partial charge >= 0.3 is 11.9 Å². The Bertz CT molecular complexity index is 987. The second kappa shape index (κ2) is 14.3. The molecule has 0 heterocycles. The Morgan fingerprint density at radius 3 is 1.36 bits per heavy atom. The number of hydrogen-bond donors (Lipinski definition) is 4. The van der Waals surface area contributed by atoms with Gasteiger partial charge in [-0.15, -0.1) is 0 Å². The lowest BCUT2D eigenvalue weighted by atomic mass is 9.93. The molecule has 0 aliphatic carbocycles. The number of aliphatic carboxylic acids is 1. The van der Waals surface area contributed by atoms with Crippen LogP contribution in [0.4, 0.5) is 0 Å². The Morgan fingerprint density at radius 2 is 1.03 bits per heavy atom. The number of benzene rings is 3. The Hall–Kier alpha value is -3.81. The molecule has 0 saturated heterocycles. The first-order valence-electron chi connectivity index (χ1n) is 10.2. The molecule has 7 nitrogen and oxygen atoms in total. The highest BCUT2D eigenvalue weighted by molar-refractivity contribution is 6.39. The van der Waals surface area contributed by atoms with E-state index in [1.165, 1.54) is 12.1 Å². The van der Waals surface area contributed by atoms with Crippen molar-refractivity contribution >= 4 is 17.7 Å². The first-order chi connectivity index (χ1) is 15.6. The average molecular weight is 453 g/mol. The second-order valence-electron chi connectivity index (χ2n) is 7.13. The van der Waals surface area contributed by atoms with Crippen LogP contribution in [-0.2, 0) is 4.79 Å². The highest BCUT2D eigenvalue weighted by Gasteiger charge is 2.20. The van der Waals surface area contributed by atoms with E-state index < -0.39 is 29.9 Å². The number of ketones is 1. The topological polar surface area (TPSA) is 132 Å². The van der Waals surface area contributed by atoms with E-state index in [4.69, 9.17) is 10.2 Å². The van der Waals surface area contributed by atoms with Crippen LogP contribution in [0.15, 0.2) is 91.0 Å². The minimum atomic E-state index is -1.42. The third-order valence-electron chi connectivity index (χ3n) is 4.65. The van der Waals surface area contributed by atoms with Gasteiger partial charge in [-0.2, -0.15) is 0 Å². The van der Waals surface area contributed by atoms with Crippen molar-refractivity contribution in [2.45, 2.75) is 26.1 Å². The Morgan fingerprint density at radius 1 is 0.636 bits per heavy atom. The summed E-state index contributed by atoms with van der Waals surface area (Å²) in [6, 6.07) is 25.6. The van der Waals surface area contributed by atoms with Crippen LogP contribution in [0.25, 0.3) is 0 Å². The van der Waals surface area contributed by atoms with Gasteiger partial charge < -0.3 is 20.4 Å². The average Bonchev–Trinajstić information content (AvgIpc) is 2.85. The minimum absolute atomic E-state index is 0.137. The summed E-state index contributed by atoms with van der Waals surface area (Å²) < 4.78 is 0. The summed E-state index contributed by atoms with van der Waals surface area (Å²) >= 11 is 0. The third-order valence-corrected chi connectivity index (χ3v) is 4.65. The molecule has 0 saturated carbocycles. The number of rotatable bonds is 6. The van der Waals surface area contributed by atoms with Gasteiger partial charge in [-0.3, -0.25) is 4.79 Å². The van der Waals surface area contributed by atoms with Gasteiger partial charge in [-0.05, 0) is 24.6 Å². The van der Waals surface area contributed by atoms with Crippen molar-refractivity contribution in [1.29, 1.82) is 0 Å². The fraction of sp³-hybridized carbons (Fsp3) is 0.192. The molecule has 4 N–H and O–H groups in total. The summed E-state index contributed by atoms with van der Waals surface area (Å²) in [5.41, 5.74) is 1.40. The summed E-state index contributed by atoms with van der Waals surface area (Å²) in [4.78, 5) is 31.1. The van der Waals surface area contributed by atoms with Gasteiger partial charge in [0.1, 0.15) is 0 Å². The van der Waals surface area contributed by atoms with Crippen molar-refractivity contribution in [1.82, 2.24) is 0 Å². The molecular formula is C26H28O7. The van der Waals surface area contributed by atoms with E-state index >= 15 is 0 Å². The Balaban J connectivity index is 0.000000252. The van der Waals surface area contributed by atoms with Gasteiger partial charge in [0.05, 0.1) is 17.8 Å². The van der Waals surface area contributed by atoms with E-state index in [1.807, 2.05) is 37.3 Å². The van der Waals surface area contributed by atoms with Gasteiger partial charge in [-0.25, -0.2) is 9.59 Å². The molecule has 0 radical (unpaired) electrons. The van der Waals surface area contributed by atoms with Gasteiger partial charge in [0.15, 0.2) is 0 Å². The first kappa shape index (κ1) is 27.2. The SMILES string of the molecule is CC(O)C(C)C(O)c1ccccc1.O=C(O)C(=O)c1ccccc1.O=C(O)c1ccccc1. The zero-order valence-corrected chi connectivity index (χ0v) is 18.4. The number of carbonyl (C=O) groups is 3. The van der Waals surface area contributed by atoms with Crippen molar-refractivity contribution in [2.75, 3.05) is 0 Å². The Kier molecular flexibility index (Phi) is 11.8. The van der Waals surface area contributed by atoms with Crippen molar-refractivity contribution in [3.8, 4) is 0 Å². The van der Waals surface area contributed by atoms with Gasteiger partial charge in [-0.1, -0.05) is 85.8 Å². The van der Waals surface area contributed by atoms with Gasteiger partial charge in [0.2, 0.25) is 0 Å². The standard InChI is InChI=1S/C11H16O2.C8H6O3.C7H6O2/c1-8(9(2)12)11(13)10-6-4-3-5-7-10;9-7(8(10)11)6-4-2-1-3-5-6;8-7(9)6-4-2-1-3-5-6/h3-9,11-13H,1-2H3;1-5H,(H,10,11);1-5H,(H,8,9). The third kappa shape index (κ3) is 9.90. The molecule has 3 aromatic rings. The molecule has 0 aliphatic rings. The summed E-state index contributed by atoms with van der Waals surface area (Å²) in [6.45, 7) is 3.53. The van der Waals surface area contributed by atoms with Crippen LogP contribution < -0.4 is 0 Å². The molecular weight excluding hydrogens is 424 g/mol. The number of Topliss-reactive ketones (excluding diaryl/α,β-unsaturated/α-hetero) is 1. The quantitative estimate of drug-likeness (QED) is 0.327.